The Balaban J connectivity index is 1.49. The van der Waals surface area contributed by atoms with Crippen LogP contribution in [0, 0.1) is 17.9 Å². The number of ether oxygens (including phenoxy) is 1. The Bertz CT molecular complexity index is 1330. The number of primary amides is 1. The molecule has 2 N–H and O–H groups in total. The molecule has 2 aliphatic rings. The number of hydrogen-bond acceptors (Lipinski definition) is 8. The second-order valence-electron chi connectivity index (χ2n) is 11.6. The third-order valence-corrected chi connectivity index (χ3v) is 8.41. The molecule has 1 saturated carbocycles. The largest absolute Gasteiger partial charge is 0.460 e. The molecule has 2 aromatic rings. The molecular formula is C31H38N6O3S. The Labute approximate surface area is 246 Å². The van der Waals surface area contributed by atoms with Crippen LogP contribution in [0.3, 0.4) is 0 Å². The van der Waals surface area contributed by atoms with E-state index in [4.69, 9.17) is 22.0 Å². The van der Waals surface area contributed by atoms with Crippen LogP contribution >= 0.6 is 11.8 Å². The number of anilines is 1. The van der Waals surface area contributed by atoms with Crippen molar-refractivity contribution in [3.8, 4) is 6.07 Å². The van der Waals surface area contributed by atoms with E-state index >= 15 is 0 Å². The third-order valence-electron chi connectivity index (χ3n) is 7.15. The van der Waals surface area contributed by atoms with Gasteiger partial charge in [-0.15, -0.1) is 0 Å². The van der Waals surface area contributed by atoms with Crippen LogP contribution in [-0.4, -0.2) is 60.1 Å². The van der Waals surface area contributed by atoms with Gasteiger partial charge in [0, 0.05) is 32.6 Å². The summed E-state index contributed by atoms with van der Waals surface area (Å²) in [5.41, 5.74) is 7.69. The number of nitrogens with two attached hydrogens (primary N) is 1. The van der Waals surface area contributed by atoms with Gasteiger partial charge in [0.15, 0.2) is 0 Å². The second-order valence-corrected chi connectivity index (χ2v) is 12.7. The Hall–Kier alpha value is -3.60. The molecule has 0 bridgehead atoms. The third kappa shape index (κ3) is 8.00. The Morgan fingerprint density at radius 1 is 1.20 bits per heavy atom. The van der Waals surface area contributed by atoms with Gasteiger partial charge in [0.2, 0.25) is 11.6 Å². The van der Waals surface area contributed by atoms with Gasteiger partial charge in [-0.3, -0.25) is 14.5 Å². The number of carbonyl (C=O) groups excluding carboxylic acids is 2. The summed E-state index contributed by atoms with van der Waals surface area (Å²) in [6.45, 7) is 17.5. The van der Waals surface area contributed by atoms with Gasteiger partial charge < -0.3 is 15.4 Å². The molecule has 1 aromatic heterocycles. The Kier molecular flexibility index (Phi) is 9.90. The Morgan fingerprint density at radius 2 is 1.88 bits per heavy atom. The molecule has 9 nitrogen and oxygen atoms in total. The van der Waals surface area contributed by atoms with E-state index in [0.717, 1.165) is 56.4 Å². The molecule has 0 spiro atoms. The minimum Gasteiger partial charge on any atom is -0.460 e. The van der Waals surface area contributed by atoms with Gasteiger partial charge in [0.1, 0.15) is 27.8 Å². The van der Waals surface area contributed by atoms with E-state index in [9.17, 15) is 14.9 Å². The first-order valence-electron chi connectivity index (χ1n) is 14.2. The molecule has 1 atom stereocenters. The summed E-state index contributed by atoms with van der Waals surface area (Å²) >= 11 is 1.19. The number of thioether (sulfide) groups is 1. The number of piperazine rings is 1. The zero-order valence-corrected chi connectivity index (χ0v) is 24.9. The molecule has 2 fully saturated rings. The molecule has 0 radical (unpaired) electrons. The minimum absolute atomic E-state index is 0.157. The van der Waals surface area contributed by atoms with E-state index in [1.165, 1.54) is 11.8 Å². The zero-order chi connectivity index (χ0) is 29.6. The number of rotatable bonds is 11. The molecule has 1 aliphatic carbocycles. The Morgan fingerprint density at radius 3 is 2.44 bits per heavy atom. The van der Waals surface area contributed by atoms with Crippen molar-refractivity contribution in [2.24, 2.45) is 5.73 Å². The fourth-order valence-corrected chi connectivity index (χ4v) is 6.11. The number of nitrogens with zero attached hydrogens (tertiary/aromatic N) is 5. The van der Waals surface area contributed by atoms with E-state index in [1.807, 2.05) is 51.1 Å². The molecule has 4 rings (SSSR count). The number of pyridine rings is 1. The summed E-state index contributed by atoms with van der Waals surface area (Å²) in [5.74, 6) is 0.0805. The number of carbonyl (C=O) groups is 2. The lowest BCUT2D eigenvalue weighted by Gasteiger charge is -2.36. The maximum Gasteiger partial charge on any atom is 0.306 e. The summed E-state index contributed by atoms with van der Waals surface area (Å²) < 4.78 is 5.40. The van der Waals surface area contributed by atoms with Crippen LogP contribution in [0.2, 0.25) is 0 Å². The average Bonchev–Trinajstić information content (AvgIpc) is 3.78. The van der Waals surface area contributed by atoms with Crippen LogP contribution < -0.4 is 10.6 Å². The van der Waals surface area contributed by atoms with E-state index in [0.29, 0.717) is 41.6 Å². The molecule has 1 amide bonds. The summed E-state index contributed by atoms with van der Waals surface area (Å²) in [6.07, 6.45) is 3.96. The van der Waals surface area contributed by atoms with Crippen LogP contribution in [0.4, 0.5) is 11.5 Å². The first-order valence-corrected chi connectivity index (χ1v) is 15.0. The quantitative estimate of drug-likeness (QED) is 0.166. The van der Waals surface area contributed by atoms with Crippen molar-refractivity contribution in [2.75, 3.05) is 37.6 Å². The van der Waals surface area contributed by atoms with Gasteiger partial charge in [-0.05, 0) is 70.0 Å². The predicted octanol–water partition coefficient (Wildman–Crippen LogP) is 5.33. The molecule has 216 valence electrons. The number of hydrogen-bond donors (Lipinski definition) is 1. The lowest BCUT2D eigenvalue weighted by molar-refractivity contribution is -0.154. The summed E-state index contributed by atoms with van der Waals surface area (Å²) in [7, 11) is 0. The van der Waals surface area contributed by atoms with Gasteiger partial charge >= 0.3 is 5.97 Å². The highest BCUT2D eigenvalue weighted by Gasteiger charge is 2.35. The van der Waals surface area contributed by atoms with Crippen molar-refractivity contribution < 1.29 is 14.3 Å². The number of amides is 1. The molecule has 1 aliphatic heterocycles. The highest BCUT2D eigenvalue weighted by atomic mass is 32.2. The number of nitriles is 1. The predicted molar refractivity (Wildman–Crippen MR) is 160 cm³/mol. The topological polar surface area (TPSA) is 117 Å². The maximum atomic E-state index is 12.5. The van der Waals surface area contributed by atoms with Crippen molar-refractivity contribution in [1.82, 2.24) is 9.88 Å². The van der Waals surface area contributed by atoms with Gasteiger partial charge in [-0.2, -0.15) is 5.26 Å². The average molecular weight is 575 g/mol. The van der Waals surface area contributed by atoms with Gasteiger partial charge in [0.25, 0.3) is 0 Å². The lowest BCUT2D eigenvalue weighted by Crippen LogP contribution is -2.47. The molecule has 41 heavy (non-hydrogen) atoms. The van der Waals surface area contributed by atoms with Crippen LogP contribution in [-0.2, 0) is 14.3 Å². The normalized spacial score (nSPS) is 16.5. The summed E-state index contributed by atoms with van der Waals surface area (Å²) in [6, 6.07) is 11.6. The minimum atomic E-state index is -0.702. The van der Waals surface area contributed by atoms with Crippen molar-refractivity contribution >= 4 is 35.1 Å². The molecule has 1 aromatic carbocycles. The number of aromatic nitrogens is 1. The summed E-state index contributed by atoms with van der Waals surface area (Å²) in [5, 5.41) is 9.93. The first kappa shape index (κ1) is 30.4. The number of benzene rings is 1. The highest BCUT2D eigenvalue weighted by molar-refractivity contribution is 8.00. The second kappa shape index (κ2) is 13.4. The van der Waals surface area contributed by atoms with Crippen molar-refractivity contribution in [3.63, 3.8) is 0 Å². The van der Waals surface area contributed by atoms with Gasteiger partial charge in [-0.1, -0.05) is 42.1 Å². The molecular weight excluding hydrogens is 536 g/mol. The number of esters is 1. The van der Waals surface area contributed by atoms with Crippen LogP contribution in [0.1, 0.15) is 80.7 Å². The molecule has 10 heteroatoms. The summed E-state index contributed by atoms with van der Waals surface area (Å²) in [4.78, 5) is 37.7. The van der Waals surface area contributed by atoms with Crippen molar-refractivity contribution in [3.05, 3.63) is 58.4 Å². The smallest absolute Gasteiger partial charge is 0.306 e. The van der Waals surface area contributed by atoms with Gasteiger partial charge in [0.05, 0.1) is 12.1 Å². The van der Waals surface area contributed by atoms with Crippen LogP contribution in [0.15, 0.2) is 35.4 Å². The van der Waals surface area contributed by atoms with Gasteiger partial charge in [-0.25, -0.2) is 9.83 Å². The van der Waals surface area contributed by atoms with Crippen LogP contribution in [0.25, 0.3) is 4.85 Å². The van der Waals surface area contributed by atoms with E-state index in [2.05, 4.69) is 20.7 Å². The van der Waals surface area contributed by atoms with Crippen molar-refractivity contribution in [2.45, 2.75) is 74.7 Å². The zero-order valence-electron chi connectivity index (χ0n) is 24.1. The van der Waals surface area contributed by atoms with E-state index < -0.39 is 16.8 Å². The molecule has 2 heterocycles. The van der Waals surface area contributed by atoms with E-state index in [-0.39, 0.29) is 11.9 Å². The lowest BCUT2D eigenvalue weighted by atomic mass is 10.0. The monoisotopic (exact) mass is 574 g/mol. The standard InChI is InChI=1S/C31H38N6O3S/c1-31(2,3)40-24(38)12-8-9-15-36-16-18-37(19-17-36)29-26(34-4)25(21-13-14-21)23(20-32)30(35-29)41-27(28(33)39)22-10-6-5-7-11-22/h5-7,10-11,21,27H,8-9,12-19H2,1-3H3,(H2,33,39). The fraction of sp³-hybridized carbons (Fsp3) is 0.516. The SMILES string of the molecule is [C-]#[N+]c1c(N2CCN(CCCCC(=O)OC(C)(C)C)CC2)nc(SC(C(N)=O)c2ccccc2)c(C#N)c1C1CC1. The number of unbranched alkanes of at least 4 members (excludes halogenated alkanes) is 1. The highest BCUT2D eigenvalue weighted by Crippen LogP contribution is 2.51. The molecule has 1 unspecified atom stereocenters. The fourth-order valence-electron chi connectivity index (χ4n) is 5.06. The maximum absolute atomic E-state index is 12.5. The van der Waals surface area contributed by atoms with Crippen molar-refractivity contribution in [1.29, 1.82) is 5.26 Å². The first-order chi connectivity index (χ1) is 19.6. The molecule has 1 saturated heterocycles. The van der Waals surface area contributed by atoms with E-state index in [1.54, 1.807) is 0 Å². The van der Waals surface area contributed by atoms with Crippen LogP contribution in [0.5, 0.6) is 0 Å².